The number of hydrogen-bond donors (Lipinski definition) is 1. The molecule has 1 saturated heterocycles. The van der Waals surface area contributed by atoms with Crippen LogP contribution < -0.4 is 0 Å². The van der Waals surface area contributed by atoms with E-state index in [9.17, 15) is 5.11 Å². The molecule has 1 N–H and O–H groups in total. The minimum Gasteiger partial charge on any atom is -0.389 e. The average molecular weight is 278 g/mol. The highest BCUT2D eigenvalue weighted by Crippen LogP contribution is 2.45. The minimum atomic E-state index is -0.251. The Morgan fingerprint density at radius 2 is 1.95 bits per heavy atom. The summed E-state index contributed by atoms with van der Waals surface area (Å²) in [6.45, 7) is 4.53. The van der Waals surface area contributed by atoms with Crippen LogP contribution in [0.25, 0.3) is 0 Å². The van der Waals surface area contributed by atoms with Gasteiger partial charge in [0.2, 0.25) is 0 Å². The lowest BCUT2D eigenvalue weighted by molar-refractivity contribution is -0.0635. The van der Waals surface area contributed by atoms with Crippen molar-refractivity contribution in [3.05, 3.63) is 11.6 Å². The van der Waals surface area contributed by atoms with Crippen LogP contribution in [0.2, 0.25) is 0 Å². The molecule has 1 aliphatic heterocycles. The first-order valence-corrected chi connectivity index (χ1v) is 8.52. The molecule has 1 saturated carbocycles. The molecule has 2 atom stereocenters. The minimum absolute atomic E-state index is 0.228. The van der Waals surface area contributed by atoms with Gasteiger partial charge >= 0.3 is 0 Å². The third-order valence-corrected chi connectivity index (χ3v) is 5.49. The molecule has 0 bridgehead atoms. The van der Waals surface area contributed by atoms with Crippen LogP contribution in [-0.2, 0) is 4.74 Å². The number of hydrogen-bond acceptors (Lipinski definition) is 2. The molecule has 0 amide bonds. The first kappa shape index (κ1) is 14.6. The smallest absolute Gasteiger partial charge is 0.0728 e. The summed E-state index contributed by atoms with van der Waals surface area (Å²) >= 11 is 0. The van der Waals surface area contributed by atoms with E-state index in [0.29, 0.717) is 6.10 Å². The van der Waals surface area contributed by atoms with Crippen molar-refractivity contribution in [2.45, 2.75) is 95.9 Å². The largest absolute Gasteiger partial charge is 0.389 e. The Bertz CT molecular complexity index is 377. The number of ether oxygens (including phenoxy) is 1. The summed E-state index contributed by atoms with van der Waals surface area (Å²) in [5.41, 5.74) is 1.89. The van der Waals surface area contributed by atoms with E-state index in [2.05, 4.69) is 19.9 Å². The quantitative estimate of drug-likeness (QED) is 0.760. The summed E-state index contributed by atoms with van der Waals surface area (Å²) in [5, 5.41) is 10.0. The molecule has 0 radical (unpaired) electrons. The first-order chi connectivity index (χ1) is 9.46. The van der Waals surface area contributed by atoms with E-state index in [4.69, 9.17) is 4.74 Å². The first-order valence-electron chi connectivity index (χ1n) is 8.52. The molecule has 2 fully saturated rings. The van der Waals surface area contributed by atoms with Crippen molar-refractivity contribution in [1.29, 1.82) is 0 Å². The van der Waals surface area contributed by atoms with E-state index in [-0.39, 0.29) is 17.1 Å². The van der Waals surface area contributed by atoms with Gasteiger partial charge in [-0.25, -0.2) is 0 Å². The van der Waals surface area contributed by atoms with Crippen LogP contribution in [0.1, 0.15) is 78.1 Å². The Kier molecular flexibility index (Phi) is 3.98. The molecule has 0 aromatic heterocycles. The Hall–Kier alpha value is -0.340. The van der Waals surface area contributed by atoms with Crippen molar-refractivity contribution in [2.75, 3.05) is 0 Å². The zero-order valence-corrected chi connectivity index (χ0v) is 13.2. The van der Waals surface area contributed by atoms with Crippen molar-refractivity contribution in [3.63, 3.8) is 0 Å². The normalized spacial score (nSPS) is 36.0. The summed E-state index contributed by atoms with van der Waals surface area (Å²) in [7, 11) is 0. The molecule has 114 valence electrons. The second-order valence-electron chi connectivity index (χ2n) is 8.16. The molecular weight excluding hydrogens is 248 g/mol. The molecule has 0 aromatic rings. The van der Waals surface area contributed by atoms with Gasteiger partial charge in [-0.05, 0) is 50.4 Å². The molecule has 2 unspecified atom stereocenters. The van der Waals surface area contributed by atoms with Gasteiger partial charge in [-0.2, -0.15) is 0 Å². The monoisotopic (exact) mass is 278 g/mol. The Morgan fingerprint density at radius 3 is 2.65 bits per heavy atom. The fourth-order valence-electron chi connectivity index (χ4n) is 4.68. The fraction of sp³-hybridized carbons (Fsp3) is 0.889. The summed E-state index contributed by atoms with van der Waals surface area (Å²) in [6, 6.07) is 0. The predicted molar refractivity (Wildman–Crippen MR) is 81.6 cm³/mol. The van der Waals surface area contributed by atoms with Gasteiger partial charge in [0.1, 0.15) is 0 Å². The fourth-order valence-corrected chi connectivity index (χ4v) is 4.68. The lowest BCUT2D eigenvalue weighted by Gasteiger charge is -2.35. The Morgan fingerprint density at radius 1 is 1.20 bits per heavy atom. The highest BCUT2D eigenvalue weighted by atomic mass is 16.5. The van der Waals surface area contributed by atoms with E-state index in [1.165, 1.54) is 50.5 Å². The number of aliphatic hydroxyl groups is 1. The molecule has 2 heteroatoms. The molecule has 2 nitrogen and oxygen atoms in total. The van der Waals surface area contributed by atoms with Gasteiger partial charge in [-0.3, -0.25) is 0 Å². The average Bonchev–Trinajstić information content (AvgIpc) is 2.70. The maximum atomic E-state index is 10.0. The van der Waals surface area contributed by atoms with Crippen molar-refractivity contribution in [2.24, 2.45) is 5.41 Å². The molecule has 1 spiro atoms. The molecule has 2 aliphatic carbocycles. The van der Waals surface area contributed by atoms with E-state index < -0.39 is 0 Å². The number of rotatable bonds is 2. The Balaban J connectivity index is 1.59. The van der Waals surface area contributed by atoms with Gasteiger partial charge in [-0.15, -0.1) is 0 Å². The van der Waals surface area contributed by atoms with Crippen LogP contribution in [0.4, 0.5) is 0 Å². The second-order valence-corrected chi connectivity index (χ2v) is 8.16. The maximum Gasteiger partial charge on any atom is 0.0728 e. The third kappa shape index (κ3) is 3.28. The Labute approximate surface area is 123 Å². The van der Waals surface area contributed by atoms with Crippen LogP contribution in [0.5, 0.6) is 0 Å². The van der Waals surface area contributed by atoms with Crippen molar-refractivity contribution in [3.8, 4) is 0 Å². The molecule has 3 rings (SSSR count). The van der Waals surface area contributed by atoms with Gasteiger partial charge in [0.05, 0.1) is 17.8 Å². The van der Waals surface area contributed by atoms with Gasteiger partial charge < -0.3 is 9.84 Å². The highest BCUT2D eigenvalue weighted by molar-refractivity contribution is 5.14. The lowest BCUT2D eigenvalue weighted by Crippen LogP contribution is -2.32. The van der Waals surface area contributed by atoms with Crippen molar-refractivity contribution < 1.29 is 9.84 Å². The zero-order chi connectivity index (χ0) is 14.2. The zero-order valence-electron chi connectivity index (χ0n) is 13.2. The number of aliphatic hydroxyl groups excluding tert-OH is 1. The van der Waals surface area contributed by atoms with Crippen LogP contribution in [-0.4, -0.2) is 22.9 Å². The maximum absolute atomic E-state index is 10.0. The molecule has 20 heavy (non-hydrogen) atoms. The topological polar surface area (TPSA) is 29.5 Å². The van der Waals surface area contributed by atoms with Gasteiger partial charge in [0.15, 0.2) is 0 Å². The second kappa shape index (κ2) is 5.46. The van der Waals surface area contributed by atoms with Crippen LogP contribution in [0.15, 0.2) is 11.6 Å². The van der Waals surface area contributed by atoms with E-state index in [1.807, 2.05) is 0 Å². The van der Waals surface area contributed by atoms with Crippen LogP contribution >= 0.6 is 0 Å². The molecule has 1 heterocycles. The third-order valence-electron chi connectivity index (χ3n) is 5.49. The standard InChI is InChI=1S/C18H30O2/c1-17(2)12-14(10-15(19)13-17)11-16-6-9-18(20-16)7-4-3-5-8-18/h10,15-16,19H,3-9,11-13H2,1-2H3. The van der Waals surface area contributed by atoms with Crippen molar-refractivity contribution in [1.82, 2.24) is 0 Å². The van der Waals surface area contributed by atoms with Crippen LogP contribution in [0.3, 0.4) is 0 Å². The van der Waals surface area contributed by atoms with Gasteiger partial charge in [0.25, 0.3) is 0 Å². The van der Waals surface area contributed by atoms with E-state index in [1.54, 1.807) is 0 Å². The SMILES string of the molecule is CC1(C)CC(CC2CCC3(CCCCC3)O2)=CC(O)C1. The predicted octanol–water partition coefficient (Wildman–Crippen LogP) is 4.37. The lowest BCUT2D eigenvalue weighted by atomic mass is 9.75. The summed E-state index contributed by atoms with van der Waals surface area (Å²) < 4.78 is 6.47. The van der Waals surface area contributed by atoms with E-state index in [0.717, 1.165) is 19.3 Å². The highest BCUT2D eigenvalue weighted by Gasteiger charge is 2.41. The van der Waals surface area contributed by atoms with Crippen LogP contribution in [0, 0.1) is 5.41 Å². The molecular formula is C18H30O2. The van der Waals surface area contributed by atoms with E-state index >= 15 is 0 Å². The summed E-state index contributed by atoms with van der Waals surface area (Å²) in [4.78, 5) is 0. The molecule has 0 aromatic carbocycles. The van der Waals surface area contributed by atoms with Gasteiger partial charge in [0, 0.05) is 0 Å². The van der Waals surface area contributed by atoms with Crippen molar-refractivity contribution >= 4 is 0 Å². The summed E-state index contributed by atoms with van der Waals surface area (Å²) in [5.74, 6) is 0. The molecule has 3 aliphatic rings. The summed E-state index contributed by atoms with van der Waals surface area (Å²) in [6.07, 6.45) is 14.4. The van der Waals surface area contributed by atoms with Gasteiger partial charge in [-0.1, -0.05) is 44.8 Å².